The van der Waals surface area contributed by atoms with E-state index in [-0.39, 0.29) is 5.82 Å². The molecule has 142 valence electrons. The fourth-order valence-corrected chi connectivity index (χ4v) is 5.07. The van der Waals surface area contributed by atoms with Crippen molar-refractivity contribution in [3.05, 3.63) is 65.3 Å². The Labute approximate surface area is 167 Å². The lowest BCUT2D eigenvalue weighted by atomic mass is 10.0. The Morgan fingerprint density at radius 2 is 1.86 bits per heavy atom. The molecule has 1 saturated carbocycles. The fraction of sp³-hybridized carbons (Fsp3) is 0.261. The number of aryl methyl sites for hydroxylation is 1. The van der Waals surface area contributed by atoms with Crippen LogP contribution in [0.2, 0.25) is 0 Å². The van der Waals surface area contributed by atoms with Gasteiger partial charge in [0.15, 0.2) is 4.96 Å². The summed E-state index contributed by atoms with van der Waals surface area (Å²) in [4.78, 5) is 5.76. The molecule has 2 aromatic heterocycles. The average molecular weight is 392 g/mol. The van der Waals surface area contributed by atoms with Gasteiger partial charge in [-0.15, -0.1) is 11.3 Å². The van der Waals surface area contributed by atoms with E-state index in [0.29, 0.717) is 17.3 Å². The summed E-state index contributed by atoms with van der Waals surface area (Å²) in [6, 6.07) is 16.0. The van der Waals surface area contributed by atoms with E-state index < -0.39 is 0 Å². The molecule has 3 nitrogen and oxygen atoms in total. The predicted molar refractivity (Wildman–Crippen MR) is 115 cm³/mol. The van der Waals surface area contributed by atoms with Crippen LogP contribution in [0.15, 0.2) is 53.9 Å². The lowest BCUT2D eigenvalue weighted by Crippen LogP contribution is -2.16. The SMILES string of the molecule is Cc1cccc(F)c1-c1nc2scc(-c3ccccc3)n2c1NC1CCCC1. The van der Waals surface area contributed by atoms with Crippen LogP contribution in [0.4, 0.5) is 10.2 Å². The molecular formula is C23H22FN3S. The number of thiazole rings is 1. The van der Waals surface area contributed by atoms with Crippen molar-refractivity contribution in [3.8, 4) is 22.5 Å². The Balaban J connectivity index is 1.75. The Kier molecular flexibility index (Phi) is 4.40. The number of benzene rings is 2. The van der Waals surface area contributed by atoms with E-state index in [4.69, 9.17) is 4.98 Å². The maximum Gasteiger partial charge on any atom is 0.196 e. The Hall–Kier alpha value is -2.66. The largest absolute Gasteiger partial charge is 0.367 e. The van der Waals surface area contributed by atoms with E-state index >= 15 is 0 Å². The van der Waals surface area contributed by atoms with Gasteiger partial charge in [-0.3, -0.25) is 4.40 Å². The molecule has 5 heteroatoms. The van der Waals surface area contributed by atoms with Gasteiger partial charge in [0.1, 0.15) is 17.3 Å². The topological polar surface area (TPSA) is 29.3 Å². The molecule has 1 aliphatic rings. The molecule has 0 spiro atoms. The molecule has 1 N–H and O–H groups in total. The van der Waals surface area contributed by atoms with E-state index in [9.17, 15) is 4.39 Å². The summed E-state index contributed by atoms with van der Waals surface area (Å²) >= 11 is 1.60. The number of nitrogens with one attached hydrogen (secondary N) is 1. The molecule has 0 atom stereocenters. The van der Waals surface area contributed by atoms with Crippen molar-refractivity contribution in [2.24, 2.45) is 0 Å². The molecule has 2 heterocycles. The van der Waals surface area contributed by atoms with Crippen LogP contribution in [0.5, 0.6) is 0 Å². The molecule has 1 aliphatic carbocycles. The first-order valence-electron chi connectivity index (χ1n) is 9.80. The number of imidazole rings is 1. The van der Waals surface area contributed by atoms with E-state index in [1.54, 1.807) is 17.4 Å². The molecule has 2 aromatic carbocycles. The highest BCUT2D eigenvalue weighted by atomic mass is 32.1. The van der Waals surface area contributed by atoms with E-state index in [0.717, 1.165) is 40.4 Å². The third-order valence-corrected chi connectivity index (χ3v) is 6.41. The van der Waals surface area contributed by atoms with Crippen molar-refractivity contribution in [2.75, 3.05) is 5.32 Å². The first-order valence-corrected chi connectivity index (χ1v) is 10.7. The second kappa shape index (κ2) is 7.06. The lowest BCUT2D eigenvalue weighted by Gasteiger charge is -2.16. The fourth-order valence-electron chi connectivity index (χ4n) is 4.17. The summed E-state index contributed by atoms with van der Waals surface area (Å²) in [5.41, 5.74) is 4.44. The van der Waals surface area contributed by atoms with Gasteiger partial charge in [-0.1, -0.05) is 55.3 Å². The maximum absolute atomic E-state index is 14.8. The van der Waals surface area contributed by atoms with Crippen LogP contribution in [0.1, 0.15) is 31.2 Å². The van der Waals surface area contributed by atoms with Crippen LogP contribution in [0.25, 0.3) is 27.5 Å². The quantitative estimate of drug-likeness (QED) is 0.428. The highest BCUT2D eigenvalue weighted by molar-refractivity contribution is 7.15. The van der Waals surface area contributed by atoms with Gasteiger partial charge in [0.05, 0.1) is 5.69 Å². The number of halogens is 1. The van der Waals surface area contributed by atoms with E-state index in [2.05, 4.69) is 27.2 Å². The predicted octanol–water partition coefficient (Wildman–Crippen LogP) is 6.53. The minimum atomic E-state index is -0.221. The molecule has 28 heavy (non-hydrogen) atoms. The van der Waals surface area contributed by atoms with Gasteiger partial charge < -0.3 is 5.32 Å². The van der Waals surface area contributed by atoms with Gasteiger partial charge in [0, 0.05) is 17.0 Å². The second-order valence-electron chi connectivity index (χ2n) is 7.47. The zero-order valence-electron chi connectivity index (χ0n) is 15.8. The molecule has 0 bridgehead atoms. The summed E-state index contributed by atoms with van der Waals surface area (Å²) in [5.74, 6) is 0.691. The van der Waals surface area contributed by atoms with Crippen molar-refractivity contribution >= 4 is 22.1 Å². The zero-order valence-corrected chi connectivity index (χ0v) is 16.6. The standard InChI is InChI=1S/C23H22FN3S/c1-15-8-7-13-18(24)20(15)21-22(25-17-11-5-6-12-17)27-19(14-28-23(27)26-21)16-9-3-2-4-10-16/h2-4,7-10,13-14,17,25H,5-6,11-12H2,1H3. The number of fused-ring (bicyclic) bond motifs is 1. The van der Waals surface area contributed by atoms with Crippen LogP contribution in [0.3, 0.4) is 0 Å². The Bertz CT molecular complexity index is 1100. The smallest absolute Gasteiger partial charge is 0.196 e. The average Bonchev–Trinajstić information content (AvgIpc) is 3.42. The normalized spacial score (nSPS) is 14.8. The molecule has 0 amide bonds. The van der Waals surface area contributed by atoms with Crippen LogP contribution in [-0.2, 0) is 0 Å². The van der Waals surface area contributed by atoms with Gasteiger partial charge >= 0.3 is 0 Å². The van der Waals surface area contributed by atoms with Crippen LogP contribution < -0.4 is 5.32 Å². The Morgan fingerprint density at radius 3 is 2.61 bits per heavy atom. The molecule has 0 radical (unpaired) electrons. The van der Waals surface area contributed by atoms with Gasteiger partial charge in [-0.2, -0.15) is 0 Å². The highest BCUT2D eigenvalue weighted by Gasteiger charge is 2.25. The van der Waals surface area contributed by atoms with Crippen molar-refractivity contribution < 1.29 is 4.39 Å². The van der Waals surface area contributed by atoms with Gasteiger partial charge in [-0.05, 0) is 37.0 Å². The highest BCUT2D eigenvalue weighted by Crippen LogP contribution is 2.39. The zero-order chi connectivity index (χ0) is 19.1. The molecule has 0 saturated heterocycles. The number of rotatable bonds is 4. The van der Waals surface area contributed by atoms with Gasteiger partial charge in [0.25, 0.3) is 0 Å². The molecule has 0 aliphatic heterocycles. The van der Waals surface area contributed by atoms with Crippen molar-refractivity contribution in [1.29, 1.82) is 0 Å². The Morgan fingerprint density at radius 1 is 1.07 bits per heavy atom. The lowest BCUT2D eigenvalue weighted by molar-refractivity contribution is 0.629. The third kappa shape index (κ3) is 2.90. The first-order chi connectivity index (χ1) is 13.7. The minimum absolute atomic E-state index is 0.221. The summed E-state index contributed by atoms with van der Waals surface area (Å²) in [6.45, 7) is 1.95. The monoisotopic (exact) mass is 391 g/mol. The number of anilines is 1. The minimum Gasteiger partial charge on any atom is -0.367 e. The molecule has 5 rings (SSSR count). The molecule has 0 unspecified atom stereocenters. The number of hydrogen-bond donors (Lipinski definition) is 1. The molecule has 4 aromatic rings. The van der Waals surface area contributed by atoms with Crippen molar-refractivity contribution in [3.63, 3.8) is 0 Å². The van der Waals surface area contributed by atoms with Crippen molar-refractivity contribution in [1.82, 2.24) is 9.38 Å². The summed E-state index contributed by atoms with van der Waals surface area (Å²) < 4.78 is 17.0. The second-order valence-corrected chi connectivity index (χ2v) is 8.31. The van der Waals surface area contributed by atoms with Crippen LogP contribution in [0, 0.1) is 12.7 Å². The summed E-state index contributed by atoms with van der Waals surface area (Å²) in [5, 5.41) is 5.86. The third-order valence-electron chi connectivity index (χ3n) is 5.59. The maximum atomic E-state index is 14.8. The molecular weight excluding hydrogens is 369 g/mol. The van der Waals surface area contributed by atoms with Gasteiger partial charge in [-0.25, -0.2) is 9.37 Å². The van der Waals surface area contributed by atoms with Crippen molar-refractivity contribution in [2.45, 2.75) is 38.6 Å². The summed E-state index contributed by atoms with van der Waals surface area (Å²) in [6.07, 6.45) is 4.77. The number of hydrogen-bond acceptors (Lipinski definition) is 3. The van der Waals surface area contributed by atoms with E-state index in [1.165, 1.54) is 18.9 Å². The van der Waals surface area contributed by atoms with Crippen LogP contribution >= 0.6 is 11.3 Å². The summed E-state index contributed by atoms with van der Waals surface area (Å²) in [7, 11) is 0. The number of aromatic nitrogens is 2. The first kappa shape index (κ1) is 17.4. The number of nitrogens with zero attached hydrogens (tertiary/aromatic N) is 2. The molecule has 1 fully saturated rings. The van der Waals surface area contributed by atoms with E-state index in [1.807, 2.05) is 31.2 Å². The van der Waals surface area contributed by atoms with Crippen LogP contribution in [-0.4, -0.2) is 15.4 Å². The van der Waals surface area contributed by atoms with Gasteiger partial charge in [0.2, 0.25) is 0 Å².